The van der Waals surface area contributed by atoms with Crippen LogP contribution < -0.4 is 16.0 Å². The zero-order valence-electron chi connectivity index (χ0n) is 15.0. The van der Waals surface area contributed by atoms with Crippen LogP contribution in [0.2, 0.25) is 0 Å². The third kappa shape index (κ3) is 7.55. The van der Waals surface area contributed by atoms with Gasteiger partial charge in [0.1, 0.15) is 5.82 Å². The lowest BCUT2D eigenvalue weighted by molar-refractivity contribution is -0.119. The Morgan fingerprint density at radius 3 is 2.00 bits per heavy atom. The first-order valence-corrected chi connectivity index (χ1v) is 8.88. The number of halogens is 1. The molecule has 142 valence electrons. The van der Waals surface area contributed by atoms with Crippen LogP contribution in [0.4, 0.5) is 17.2 Å². The maximum absolute atomic E-state index is 12.1. The lowest BCUT2D eigenvalue weighted by atomic mass is 10.2. The van der Waals surface area contributed by atoms with E-state index in [1.54, 1.807) is 54.5 Å². The number of amides is 3. The molecule has 1 aromatic carbocycles. The van der Waals surface area contributed by atoms with Gasteiger partial charge in [0.05, 0.1) is 13.1 Å². The minimum atomic E-state index is -0.264. The van der Waals surface area contributed by atoms with Gasteiger partial charge in [-0.3, -0.25) is 19.3 Å². The summed E-state index contributed by atoms with van der Waals surface area (Å²) in [5.41, 5.74) is 1.25. The number of anilines is 3. The zero-order chi connectivity index (χ0) is 19.8. The summed E-state index contributed by atoms with van der Waals surface area (Å²) in [6, 6.07) is 10.2. The molecule has 0 aliphatic carbocycles. The summed E-state index contributed by atoms with van der Waals surface area (Å²) < 4.78 is 0.819. The number of hydrogen-bond acceptors (Lipinski definition) is 5. The highest BCUT2D eigenvalue weighted by molar-refractivity contribution is 9.10. The Morgan fingerprint density at radius 2 is 1.48 bits per heavy atom. The van der Waals surface area contributed by atoms with Crippen LogP contribution in [0, 0.1) is 0 Å². The van der Waals surface area contributed by atoms with Crippen molar-refractivity contribution >= 4 is 50.8 Å². The van der Waals surface area contributed by atoms with Crippen molar-refractivity contribution in [3.8, 4) is 0 Å². The van der Waals surface area contributed by atoms with E-state index in [1.807, 2.05) is 0 Å². The van der Waals surface area contributed by atoms with Crippen molar-refractivity contribution in [3.63, 3.8) is 0 Å². The highest BCUT2D eigenvalue weighted by Gasteiger charge is 2.11. The average molecular weight is 434 g/mol. The Labute approximate surface area is 165 Å². The molecule has 0 atom stereocenters. The molecule has 0 saturated heterocycles. The molecule has 0 saturated carbocycles. The minimum Gasteiger partial charge on any atom is -0.326 e. The molecule has 0 aliphatic rings. The lowest BCUT2D eigenvalue weighted by Crippen LogP contribution is -2.36. The van der Waals surface area contributed by atoms with Gasteiger partial charge in [0, 0.05) is 29.0 Å². The number of pyridine rings is 1. The van der Waals surface area contributed by atoms with Crippen molar-refractivity contribution in [2.45, 2.75) is 6.92 Å². The van der Waals surface area contributed by atoms with E-state index in [0.717, 1.165) is 4.47 Å². The molecule has 0 fully saturated rings. The SMILES string of the molecule is CC(=O)Nc1ccc(NC(=O)CN(C)CC(=O)Nc2ccc(Br)cn2)cc1. The molecule has 1 aromatic heterocycles. The Morgan fingerprint density at radius 1 is 0.926 bits per heavy atom. The number of carbonyl (C=O) groups excluding carboxylic acids is 3. The van der Waals surface area contributed by atoms with Crippen molar-refractivity contribution in [1.29, 1.82) is 0 Å². The van der Waals surface area contributed by atoms with Gasteiger partial charge in [-0.2, -0.15) is 0 Å². The highest BCUT2D eigenvalue weighted by Crippen LogP contribution is 2.13. The molecule has 0 radical (unpaired) electrons. The fourth-order valence-corrected chi connectivity index (χ4v) is 2.45. The fourth-order valence-electron chi connectivity index (χ4n) is 2.22. The average Bonchev–Trinajstić information content (AvgIpc) is 2.58. The van der Waals surface area contributed by atoms with Crippen LogP contribution in [0.5, 0.6) is 0 Å². The quantitative estimate of drug-likeness (QED) is 0.621. The molecule has 0 spiro atoms. The molecule has 9 heteroatoms. The van der Waals surface area contributed by atoms with E-state index in [1.165, 1.54) is 6.92 Å². The van der Waals surface area contributed by atoms with Gasteiger partial charge < -0.3 is 16.0 Å². The van der Waals surface area contributed by atoms with Crippen LogP contribution >= 0.6 is 15.9 Å². The molecule has 3 N–H and O–H groups in total. The second kappa shape index (κ2) is 9.79. The van der Waals surface area contributed by atoms with E-state index in [2.05, 4.69) is 36.9 Å². The van der Waals surface area contributed by atoms with Crippen molar-refractivity contribution in [3.05, 3.63) is 47.1 Å². The highest BCUT2D eigenvalue weighted by atomic mass is 79.9. The third-order valence-corrected chi connectivity index (χ3v) is 3.78. The first-order valence-electron chi connectivity index (χ1n) is 8.09. The topological polar surface area (TPSA) is 103 Å². The molecule has 0 unspecified atom stereocenters. The summed E-state index contributed by atoms with van der Waals surface area (Å²) >= 11 is 3.27. The number of carbonyl (C=O) groups is 3. The summed E-state index contributed by atoms with van der Waals surface area (Å²) in [5, 5.41) is 8.06. The van der Waals surface area contributed by atoms with E-state index < -0.39 is 0 Å². The second-order valence-electron chi connectivity index (χ2n) is 5.89. The molecule has 8 nitrogen and oxygen atoms in total. The van der Waals surface area contributed by atoms with Gasteiger partial charge in [-0.15, -0.1) is 0 Å². The number of benzene rings is 1. The van der Waals surface area contributed by atoms with Crippen LogP contribution in [0.3, 0.4) is 0 Å². The fraction of sp³-hybridized carbons (Fsp3) is 0.222. The van der Waals surface area contributed by atoms with E-state index in [4.69, 9.17) is 0 Å². The monoisotopic (exact) mass is 433 g/mol. The van der Waals surface area contributed by atoms with Crippen molar-refractivity contribution in [2.75, 3.05) is 36.1 Å². The molecule has 2 rings (SSSR count). The largest absolute Gasteiger partial charge is 0.326 e. The van der Waals surface area contributed by atoms with Crippen molar-refractivity contribution < 1.29 is 14.4 Å². The first-order chi connectivity index (χ1) is 12.8. The summed E-state index contributed by atoms with van der Waals surface area (Å²) in [6.07, 6.45) is 1.59. The van der Waals surface area contributed by atoms with Crippen LogP contribution in [0.25, 0.3) is 0 Å². The van der Waals surface area contributed by atoms with Crippen LogP contribution in [-0.2, 0) is 14.4 Å². The second-order valence-corrected chi connectivity index (χ2v) is 6.80. The summed E-state index contributed by atoms with van der Waals surface area (Å²) in [6.45, 7) is 1.52. The Balaban J connectivity index is 1.78. The van der Waals surface area contributed by atoms with Gasteiger partial charge in [-0.05, 0) is 59.4 Å². The standard InChI is InChI=1S/C18H20BrN5O3/c1-12(25)21-14-4-6-15(7-5-14)22-17(26)10-24(2)11-18(27)23-16-8-3-13(19)9-20-16/h3-9H,10-11H2,1-2H3,(H,21,25)(H,22,26)(H,20,23,27). The van der Waals surface area contributed by atoms with Gasteiger partial charge >= 0.3 is 0 Å². The normalized spacial score (nSPS) is 10.4. The summed E-state index contributed by atoms with van der Waals surface area (Å²) in [5.74, 6) is -0.232. The predicted octanol–water partition coefficient (Wildman–Crippen LogP) is 2.31. The number of nitrogens with one attached hydrogen (secondary N) is 3. The van der Waals surface area contributed by atoms with Gasteiger partial charge in [0.2, 0.25) is 17.7 Å². The zero-order valence-corrected chi connectivity index (χ0v) is 16.5. The molecule has 0 bridgehead atoms. The number of nitrogens with zero attached hydrogens (tertiary/aromatic N) is 2. The number of hydrogen-bond donors (Lipinski definition) is 3. The van der Waals surface area contributed by atoms with E-state index in [-0.39, 0.29) is 30.8 Å². The Bertz CT molecular complexity index is 809. The van der Waals surface area contributed by atoms with Crippen LogP contribution in [0.1, 0.15) is 6.92 Å². The summed E-state index contributed by atoms with van der Waals surface area (Å²) in [4.78, 5) is 40.7. The molecular formula is C18H20BrN5O3. The smallest absolute Gasteiger partial charge is 0.239 e. The Hall–Kier alpha value is -2.78. The first kappa shape index (κ1) is 20.5. The van der Waals surface area contributed by atoms with E-state index >= 15 is 0 Å². The van der Waals surface area contributed by atoms with Gasteiger partial charge in [0.15, 0.2) is 0 Å². The Kier molecular flexibility index (Phi) is 7.44. The molecule has 27 heavy (non-hydrogen) atoms. The van der Waals surface area contributed by atoms with E-state index in [9.17, 15) is 14.4 Å². The van der Waals surface area contributed by atoms with Crippen LogP contribution in [-0.4, -0.2) is 47.7 Å². The van der Waals surface area contributed by atoms with Gasteiger partial charge in [-0.1, -0.05) is 0 Å². The lowest BCUT2D eigenvalue weighted by Gasteiger charge is -2.16. The molecule has 0 aliphatic heterocycles. The number of likely N-dealkylation sites (N-methyl/N-ethyl adjacent to an activating group) is 1. The van der Waals surface area contributed by atoms with Crippen molar-refractivity contribution in [1.82, 2.24) is 9.88 Å². The predicted molar refractivity (Wildman–Crippen MR) is 107 cm³/mol. The van der Waals surface area contributed by atoms with E-state index in [0.29, 0.717) is 17.2 Å². The summed E-state index contributed by atoms with van der Waals surface area (Å²) in [7, 11) is 1.67. The maximum atomic E-state index is 12.1. The maximum Gasteiger partial charge on any atom is 0.239 e. The van der Waals surface area contributed by atoms with Crippen LogP contribution in [0.15, 0.2) is 47.1 Å². The molecular weight excluding hydrogens is 414 g/mol. The molecule has 1 heterocycles. The molecule has 2 aromatic rings. The minimum absolute atomic E-state index is 0.0482. The van der Waals surface area contributed by atoms with Gasteiger partial charge in [-0.25, -0.2) is 4.98 Å². The molecule has 3 amide bonds. The third-order valence-electron chi connectivity index (χ3n) is 3.31. The number of rotatable bonds is 7. The van der Waals surface area contributed by atoms with Gasteiger partial charge in [0.25, 0.3) is 0 Å². The van der Waals surface area contributed by atoms with Crippen molar-refractivity contribution in [2.24, 2.45) is 0 Å². The number of aromatic nitrogens is 1.